The minimum Gasteiger partial charge on any atom is -0.454 e. The van der Waals surface area contributed by atoms with Crippen LogP contribution in [0.2, 0.25) is 0 Å². The lowest BCUT2D eigenvalue weighted by Gasteiger charge is -2.12. The van der Waals surface area contributed by atoms with Crippen LogP contribution in [0.25, 0.3) is 10.2 Å². The summed E-state index contributed by atoms with van der Waals surface area (Å²) in [5.41, 5.74) is 2.25. The van der Waals surface area contributed by atoms with E-state index in [1.165, 1.54) is 35.2 Å². The number of non-ortho nitro benzene ring substituents is 1. The van der Waals surface area contributed by atoms with Gasteiger partial charge in [-0.1, -0.05) is 30.0 Å². The van der Waals surface area contributed by atoms with Crippen LogP contribution < -0.4 is 15.0 Å². The third kappa shape index (κ3) is 3.87. The van der Waals surface area contributed by atoms with E-state index in [4.69, 9.17) is 9.47 Å². The van der Waals surface area contributed by atoms with Crippen LogP contribution >= 0.6 is 23.1 Å². The Hall–Kier alpha value is -3.37. The molecule has 31 heavy (non-hydrogen) atoms. The fraction of sp³-hybridized carbons (Fsp3) is 0.143. The van der Waals surface area contributed by atoms with Crippen LogP contribution in [0.4, 0.5) is 5.69 Å². The molecule has 5 rings (SSSR count). The highest BCUT2D eigenvalue weighted by atomic mass is 32.2. The van der Waals surface area contributed by atoms with Crippen molar-refractivity contribution >= 4 is 39.0 Å². The smallest absolute Gasteiger partial charge is 0.272 e. The molecule has 0 spiro atoms. The highest BCUT2D eigenvalue weighted by Crippen LogP contribution is 2.33. The number of hydrogen-bond donors (Lipinski definition) is 0. The first-order valence-corrected chi connectivity index (χ1v) is 11.2. The van der Waals surface area contributed by atoms with Gasteiger partial charge < -0.3 is 9.47 Å². The number of thiophene rings is 1. The van der Waals surface area contributed by atoms with Gasteiger partial charge in [-0.3, -0.25) is 19.5 Å². The Morgan fingerprint density at radius 1 is 1.13 bits per heavy atom. The quantitative estimate of drug-likeness (QED) is 0.184. The second-order valence-corrected chi connectivity index (χ2v) is 8.68. The van der Waals surface area contributed by atoms with E-state index in [9.17, 15) is 14.9 Å². The van der Waals surface area contributed by atoms with Gasteiger partial charge in [0.2, 0.25) is 6.79 Å². The van der Waals surface area contributed by atoms with Crippen molar-refractivity contribution in [2.75, 3.05) is 6.79 Å². The minimum absolute atomic E-state index is 0.0390. The van der Waals surface area contributed by atoms with E-state index in [1.807, 2.05) is 35.7 Å². The largest absolute Gasteiger partial charge is 0.454 e. The number of nitro groups is 1. The molecule has 0 bridgehead atoms. The fourth-order valence-electron chi connectivity index (χ4n) is 3.30. The van der Waals surface area contributed by atoms with Crippen molar-refractivity contribution in [3.8, 4) is 11.5 Å². The molecular formula is C21H15N3O5S2. The zero-order chi connectivity index (χ0) is 21.4. The maximum Gasteiger partial charge on any atom is 0.272 e. The van der Waals surface area contributed by atoms with Crippen molar-refractivity contribution in [1.82, 2.24) is 9.55 Å². The van der Waals surface area contributed by atoms with Gasteiger partial charge in [-0.05, 0) is 34.7 Å². The summed E-state index contributed by atoms with van der Waals surface area (Å²) in [7, 11) is 0. The van der Waals surface area contributed by atoms with Crippen molar-refractivity contribution in [1.29, 1.82) is 0 Å². The second-order valence-electron chi connectivity index (χ2n) is 6.82. The van der Waals surface area contributed by atoms with E-state index >= 15 is 0 Å². The summed E-state index contributed by atoms with van der Waals surface area (Å²) < 4.78 is 13.0. The molecule has 2 aromatic carbocycles. The van der Waals surface area contributed by atoms with E-state index < -0.39 is 4.92 Å². The van der Waals surface area contributed by atoms with Gasteiger partial charge in [0.25, 0.3) is 11.2 Å². The van der Waals surface area contributed by atoms with Crippen LogP contribution in [-0.4, -0.2) is 21.3 Å². The lowest BCUT2D eigenvalue weighted by molar-refractivity contribution is -0.384. The maximum absolute atomic E-state index is 13.2. The van der Waals surface area contributed by atoms with Crippen molar-refractivity contribution in [3.05, 3.63) is 85.5 Å². The first kappa shape index (κ1) is 19.6. The molecule has 0 saturated carbocycles. The summed E-state index contributed by atoms with van der Waals surface area (Å²) in [5.74, 6) is 1.79. The Kier molecular flexibility index (Phi) is 5.08. The van der Waals surface area contributed by atoms with Crippen LogP contribution in [0.1, 0.15) is 11.1 Å². The fourth-order valence-corrected chi connectivity index (χ4v) is 5.02. The number of fused-ring (bicyclic) bond motifs is 2. The lowest BCUT2D eigenvalue weighted by atomic mass is 10.2. The van der Waals surface area contributed by atoms with Gasteiger partial charge in [0.1, 0.15) is 4.70 Å². The summed E-state index contributed by atoms with van der Waals surface area (Å²) in [6.45, 7) is 0.513. The van der Waals surface area contributed by atoms with Crippen LogP contribution in [0, 0.1) is 10.1 Å². The number of hydrogen-bond acceptors (Lipinski definition) is 8. The topological polar surface area (TPSA) is 96.5 Å². The third-order valence-corrected chi connectivity index (χ3v) is 6.74. The second kappa shape index (κ2) is 8.05. The predicted molar refractivity (Wildman–Crippen MR) is 118 cm³/mol. The van der Waals surface area contributed by atoms with Gasteiger partial charge >= 0.3 is 0 Å². The van der Waals surface area contributed by atoms with Gasteiger partial charge in [0.15, 0.2) is 16.7 Å². The van der Waals surface area contributed by atoms with Gasteiger partial charge in [-0.25, -0.2) is 4.98 Å². The molecule has 0 N–H and O–H groups in total. The summed E-state index contributed by atoms with van der Waals surface area (Å²) in [5, 5.41) is 13.5. The number of nitro benzene ring substituents is 1. The molecule has 3 heterocycles. The first-order valence-electron chi connectivity index (χ1n) is 9.31. The Morgan fingerprint density at radius 2 is 2.00 bits per heavy atom. The number of thioether (sulfide) groups is 1. The summed E-state index contributed by atoms with van der Waals surface area (Å²) >= 11 is 2.74. The number of benzene rings is 2. The van der Waals surface area contributed by atoms with Crippen molar-refractivity contribution in [3.63, 3.8) is 0 Å². The molecule has 10 heteroatoms. The summed E-state index contributed by atoms with van der Waals surface area (Å²) in [4.78, 5) is 28.5. The van der Waals surface area contributed by atoms with Gasteiger partial charge in [-0.2, -0.15) is 0 Å². The predicted octanol–water partition coefficient (Wildman–Crippen LogP) is 4.44. The SMILES string of the molecule is O=c1c2sccc2nc(SCc2cccc([N+](=O)[O-])c2)n1Cc1ccc2c(c1)OCO2. The van der Waals surface area contributed by atoms with Crippen molar-refractivity contribution < 1.29 is 14.4 Å². The molecule has 0 atom stereocenters. The molecule has 8 nitrogen and oxygen atoms in total. The van der Waals surface area contributed by atoms with E-state index in [1.54, 1.807) is 10.6 Å². The van der Waals surface area contributed by atoms with Crippen molar-refractivity contribution in [2.24, 2.45) is 0 Å². The Morgan fingerprint density at radius 3 is 2.87 bits per heavy atom. The molecule has 1 aliphatic heterocycles. The molecule has 0 aliphatic carbocycles. The first-order chi connectivity index (χ1) is 15.1. The average molecular weight is 454 g/mol. The molecule has 156 valence electrons. The maximum atomic E-state index is 13.2. The highest BCUT2D eigenvalue weighted by molar-refractivity contribution is 7.98. The van der Waals surface area contributed by atoms with E-state index in [0.717, 1.165) is 11.1 Å². The Balaban J connectivity index is 1.49. The van der Waals surface area contributed by atoms with Crippen LogP contribution in [0.3, 0.4) is 0 Å². The zero-order valence-electron chi connectivity index (χ0n) is 16.0. The summed E-state index contributed by atoms with van der Waals surface area (Å²) in [6.07, 6.45) is 0. The molecule has 0 radical (unpaired) electrons. The third-order valence-electron chi connectivity index (χ3n) is 4.80. The minimum atomic E-state index is -0.417. The molecule has 0 saturated heterocycles. The van der Waals surface area contributed by atoms with Crippen LogP contribution in [-0.2, 0) is 12.3 Å². The van der Waals surface area contributed by atoms with Crippen molar-refractivity contribution in [2.45, 2.75) is 17.5 Å². The number of aromatic nitrogens is 2. The van der Waals surface area contributed by atoms with Gasteiger partial charge in [0, 0.05) is 17.9 Å². The molecule has 2 aromatic heterocycles. The highest BCUT2D eigenvalue weighted by Gasteiger charge is 2.17. The van der Waals surface area contributed by atoms with Crippen LogP contribution in [0.5, 0.6) is 11.5 Å². The normalized spacial score (nSPS) is 12.4. The van der Waals surface area contributed by atoms with Gasteiger partial charge in [-0.15, -0.1) is 11.3 Å². The van der Waals surface area contributed by atoms with Gasteiger partial charge in [0.05, 0.1) is 17.0 Å². The van der Waals surface area contributed by atoms with E-state index in [-0.39, 0.29) is 18.0 Å². The number of ether oxygens (including phenoxy) is 2. The van der Waals surface area contributed by atoms with E-state index in [0.29, 0.717) is 39.2 Å². The average Bonchev–Trinajstić information content (AvgIpc) is 3.43. The van der Waals surface area contributed by atoms with Crippen LogP contribution in [0.15, 0.2) is 63.9 Å². The molecule has 0 fully saturated rings. The number of nitrogens with zero attached hydrogens (tertiary/aromatic N) is 3. The molecule has 4 aromatic rings. The summed E-state index contributed by atoms with van der Waals surface area (Å²) in [6, 6.07) is 13.9. The molecular weight excluding hydrogens is 438 g/mol. The lowest BCUT2D eigenvalue weighted by Crippen LogP contribution is -2.23. The monoisotopic (exact) mass is 453 g/mol. The standard InChI is InChI=1S/C21H15N3O5S2/c25-20-19-16(6-7-30-19)22-21(31-11-14-2-1-3-15(8-14)24(26)27)23(20)10-13-4-5-17-18(9-13)29-12-28-17/h1-9H,10-12H2. The Labute approximate surface area is 184 Å². The molecule has 0 amide bonds. The number of rotatable bonds is 6. The molecule has 1 aliphatic rings. The zero-order valence-corrected chi connectivity index (χ0v) is 17.6. The Bertz CT molecular complexity index is 1360. The van der Waals surface area contributed by atoms with E-state index in [2.05, 4.69) is 4.98 Å². The molecule has 0 unspecified atom stereocenters.